The van der Waals surface area contributed by atoms with Gasteiger partial charge < -0.3 is 15.0 Å². The summed E-state index contributed by atoms with van der Waals surface area (Å²) >= 11 is 0. The number of carbonyl (C=O) groups excluding carboxylic acids is 1. The van der Waals surface area contributed by atoms with Gasteiger partial charge >= 0.3 is 0 Å². The normalized spacial score (nSPS) is 14.4. The third-order valence-electron chi connectivity index (χ3n) is 4.38. The Morgan fingerprint density at radius 1 is 1.38 bits per heavy atom. The van der Waals surface area contributed by atoms with E-state index in [4.69, 9.17) is 4.74 Å². The number of amides is 1. The third kappa shape index (κ3) is 6.75. The van der Waals surface area contributed by atoms with Crippen LogP contribution in [-0.2, 0) is 16.0 Å². The quantitative estimate of drug-likeness (QED) is 0.690. The van der Waals surface area contributed by atoms with E-state index >= 15 is 0 Å². The summed E-state index contributed by atoms with van der Waals surface area (Å²) in [6, 6.07) is 6.97. The Hall–Kier alpha value is -1.17. The van der Waals surface area contributed by atoms with Crippen LogP contribution in [0.3, 0.4) is 0 Å². The van der Waals surface area contributed by atoms with Crippen LogP contribution < -0.4 is 5.32 Å². The second kappa shape index (κ2) is 11.4. The van der Waals surface area contributed by atoms with Gasteiger partial charge in [0.1, 0.15) is 5.82 Å². The smallest absolute Gasteiger partial charge is 0.236 e. The van der Waals surface area contributed by atoms with Crippen molar-refractivity contribution in [1.82, 2.24) is 10.2 Å². The van der Waals surface area contributed by atoms with Crippen molar-refractivity contribution in [2.24, 2.45) is 0 Å². The molecule has 1 amide bonds. The number of nitrogens with zero attached hydrogens (tertiary/aromatic N) is 1. The van der Waals surface area contributed by atoms with Crippen LogP contribution in [0.15, 0.2) is 24.3 Å². The van der Waals surface area contributed by atoms with E-state index in [0.717, 1.165) is 18.4 Å². The lowest BCUT2D eigenvalue weighted by Crippen LogP contribution is -2.45. The van der Waals surface area contributed by atoms with Gasteiger partial charge in [0.05, 0.1) is 13.2 Å². The molecule has 0 aliphatic heterocycles. The highest BCUT2D eigenvalue weighted by atomic mass is 35.5. The molecule has 0 spiro atoms. The van der Waals surface area contributed by atoms with E-state index in [1.54, 1.807) is 19.2 Å². The lowest BCUT2D eigenvalue weighted by molar-refractivity contribution is -0.132. The van der Waals surface area contributed by atoms with Crippen LogP contribution in [0.2, 0.25) is 0 Å². The number of methoxy groups -OCH3 is 1. The van der Waals surface area contributed by atoms with Gasteiger partial charge in [-0.3, -0.25) is 4.79 Å². The zero-order valence-corrected chi connectivity index (χ0v) is 15.1. The Labute approximate surface area is 150 Å². The fourth-order valence-corrected chi connectivity index (χ4v) is 3.14. The largest absolute Gasteiger partial charge is 0.383 e. The van der Waals surface area contributed by atoms with Crippen molar-refractivity contribution in [1.29, 1.82) is 0 Å². The monoisotopic (exact) mass is 358 g/mol. The van der Waals surface area contributed by atoms with Crippen molar-refractivity contribution >= 4 is 18.3 Å². The molecule has 0 radical (unpaired) electrons. The van der Waals surface area contributed by atoms with E-state index in [-0.39, 0.29) is 24.1 Å². The highest BCUT2D eigenvalue weighted by molar-refractivity contribution is 5.85. The van der Waals surface area contributed by atoms with E-state index in [1.165, 1.54) is 18.9 Å². The number of halogens is 2. The van der Waals surface area contributed by atoms with E-state index < -0.39 is 0 Å². The van der Waals surface area contributed by atoms with Crippen LogP contribution in [0, 0.1) is 5.82 Å². The molecule has 1 saturated carbocycles. The molecule has 4 nitrogen and oxygen atoms in total. The molecular formula is C18H28ClFN2O2. The van der Waals surface area contributed by atoms with Crippen molar-refractivity contribution in [2.45, 2.75) is 38.1 Å². The first-order valence-electron chi connectivity index (χ1n) is 8.44. The van der Waals surface area contributed by atoms with Crippen molar-refractivity contribution in [3.63, 3.8) is 0 Å². The molecule has 6 heteroatoms. The first kappa shape index (κ1) is 20.9. The summed E-state index contributed by atoms with van der Waals surface area (Å²) in [5, 5.41) is 3.12. The van der Waals surface area contributed by atoms with Gasteiger partial charge in [0, 0.05) is 26.2 Å². The second-order valence-electron chi connectivity index (χ2n) is 6.07. The predicted molar refractivity (Wildman–Crippen MR) is 96.1 cm³/mol. The van der Waals surface area contributed by atoms with Gasteiger partial charge in [-0.1, -0.05) is 25.0 Å². The minimum atomic E-state index is -0.220. The van der Waals surface area contributed by atoms with Crippen LogP contribution in [0.5, 0.6) is 0 Å². The summed E-state index contributed by atoms with van der Waals surface area (Å²) in [7, 11) is 1.65. The van der Waals surface area contributed by atoms with E-state index in [1.807, 2.05) is 11.0 Å². The van der Waals surface area contributed by atoms with Crippen LogP contribution in [0.1, 0.15) is 31.2 Å². The molecule has 136 valence electrons. The molecule has 1 aromatic carbocycles. The molecule has 0 atom stereocenters. The van der Waals surface area contributed by atoms with Crippen LogP contribution >= 0.6 is 12.4 Å². The van der Waals surface area contributed by atoms with Crippen molar-refractivity contribution in [3.05, 3.63) is 35.6 Å². The van der Waals surface area contributed by atoms with Crippen molar-refractivity contribution in [2.75, 3.05) is 33.4 Å². The summed E-state index contributed by atoms with van der Waals surface area (Å²) in [5.41, 5.74) is 0.938. The van der Waals surface area contributed by atoms with Gasteiger partial charge in [-0.2, -0.15) is 0 Å². The summed E-state index contributed by atoms with van der Waals surface area (Å²) in [6.45, 7) is 2.26. The molecule has 0 unspecified atom stereocenters. The highest BCUT2D eigenvalue weighted by Gasteiger charge is 2.25. The topological polar surface area (TPSA) is 41.6 Å². The van der Waals surface area contributed by atoms with Gasteiger partial charge in [-0.25, -0.2) is 4.39 Å². The summed E-state index contributed by atoms with van der Waals surface area (Å²) in [6.07, 6.45) is 5.22. The van der Waals surface area contributed by atoms with Crippen LogP contribution in [0.25, 0.3) is 0 Å². The Bertz CT molecular complexity index is 496. The SMILES string of the molecule is COCCNCC(=O)N(CCc1cccc(F)c1)C1CCCC1.Cl. The average molecular weight is 359 g/mol. The highest BCUT2D eigenvalue weighted by Crippen LogP contribution is 2.24. The fourth-order valence-electron chi connectivity index (χ4n) is 3.14. The van der Waals surface area contributed by atoms with Gasteiger partial charge in [0.15, 0.2) is 0 Å². The van der Waals surface area contributed by atoms with E-state index in [9.17, 15) is 9.18 Å². The molecule has 1 aliphatic rings. The second-order valence-corrected chi connectivity index (χ2v) is 6.07. The molecule has 1 fully saturated rings. The molecule has 24 heavy (non-hydrogen) atoms. The predicted octanol–water partition coefficient (Wildman–Crippen LogP) is 2.80. The van der Waals surface area contributed by atoms with Gasteiger partial charge in [0.25, 0.3) is 0 Å². The Kier molecular flexibility index (Phi) is 9.91. The molecule has 1 aliphatic carbocycles. The number of benzene rings is 1. The molecule has 1 N–H and O–H groups in total. The molecular weight excluding hydrogens is 331 g/mol. The summed E-state index contributed by atoms with van der Waals surface area (Å²) in [4.78, 5) is 14.5. The summed E-state index contributed by atoms with van der Waals surface area (Å²) in [5.74, 6) is -0.0909. The zero-order chi connectivity index (χ0) is 16.5. The van der Waals surface area contributed by atoms with Gasteiger partial charge in [-0.15, -0.1) is 12.4 Å². The third-order valence-corrected chi connectivity index (χ3v) is 4.38. The number of carbonyl (C=O) groups is 1. The number of nitrogens with one attached hydrogen (secondary N) is 1. The first-order valence-corrected chi connectivity index (χ1v) is 8.44. The maximum atomic E-state index is 13.3. The lowest BCUT2D eigenvalue weighted by Gasteiger charge is -2.29. The van der Waals surface area contributed by atoms with Crippen molar-refractivity contribution in [3.8, 4) is 0 Å². The Morgan fingerprint density at radius 3 is 2.79 bits per heavy atom. The summed E-state index contributed by atoms with van der Waals surface area (Å²) < 4.78 is 18.3. The lowest BCUT2D eigenvalue weighted by atomic mass is 10.1. The molecule has 2 rings (SSSR count). The maximum absolute atomic E-state index is 13.3. The fraction of sp³-hybridized carbons (Fsp3) is 0.611. The minimum Gasteiger partial charge on any atom is -0.383 e. The number of hydrogen-bond donors (Lipinski definition) is 1. The Morgan fingerprint density at radius 2 is 2.12 bits per heavy atom. The number of hydrogen-bond acceptors (Lipinski definition) is 3. The number of rotatable bonds is 9. The van der Waals surface area contributed by atoms with Crippen LogP contribution in [0.4, 0.5) is 4.39 Å². The molecule has 0 aromatic heterocycles. The van der Waals surface area contributed by atoms with Crippen molar-refractivity contribution < 1.29 is 13.9 Å². The molecule has 0 heterocycles. The first-order chi connectivity index (χ1) is 11.2. The standard InChI is InChI=1S/C18H27FN2O2.ClH/c1-23-12-10-20-14-18(22)21(17-7-2-3-8-17)11-9-15-5-4-6-16(19)13-15;/h4-6,13,17,20H,2-3,7-12,14H2,1H3;1H. The molecule has 0 saturated heterocycles. The van der Waals surface area contributed by atoms with E-state index in [2.05, 4.69) is 5.32 Å². The van der Waals surface area contributed by atoms with Gasteiger partial charge in [0.2, 0.25) is 5.91 Å². The number of ether oxygens (including phenoxy) is 1. The van der Waals surface area contributed by atoms with Crippen LogP contribution in [-0.4, -0.2) is 50.2 Å². The van der Waals surface area contributed by atoms with Gasteiger partial charge in [-0.05, 0) is 37.0 Å². The molecule has 1 aromatic rings. The molecule has 0 bridgehead atoms. The minimum absolute atomic E-state index is 0. The Balaban J connectivity index is 0.00000288. The average Bonchev–Trinajstić information content (AvgIpc) is 3.06. The van der Waals surface area contributed by atoms with E-state index in [0.29, 0.717) is 38.7 Å². The zero-order valence-electron chi connectivity index (χ0n) is 14.3. The maximum Gasteiger partial charge on any atom is 0.236 e.